The second-order valence-corrected chi connectivity index (χ2v) is 5.95. The van der Waals surface area contributed by atoms with Crippen molar-refractivity contribution >= 4 is 64.0 Å². The number of carbonyl (C=O) groups is 2. The minimum atomic E-state index is -0.698. The number of nitrogens with one attached hydrogen (secondary N) is 1. The highest BCUT2D eigenvalue weighted by molar-refractivity contribution is 6.44. The summed E-state index contributed by atoms with van der Waals surface area (Å²) in [4.78, 5) is 23.6. The van der Waals surface area contributed by atoms with Crippen molar-refractivity contribution in [2.24, 2.45) is 0 Å². The number of anilines is 1. The van der Waals surface area contributed by atoms with Gasteiger partial charge in [0.1, 0.15) is 0 Å². The van der Waals surface area contributed by atoms with Crippen LogP contribution in [0.25, 0.3) is 0 Å². The van der Waals surface area contributed by atoms with Gasteiger partial charge in [0.05, 0.1) is 31.3 Å². The van der Waals surface area contributed by atoms with E-state index in [1.54, 1.807) is 18.2 Å². The third-order valence-corrected chi connectivity index (χ3v) is 4.27. The van der Waals surface area contributed by atoms with Crippen molar-refractivity contribution in [3.05, 3.63) is 62.1 Å². The smallest absolute Gasteiger partial charge is 0.338 e. The van der Waals surface area contributed by atoms with Crippen molar-refractivity contribution in [3.8, 4) is 0 Å². The predicted octanol–water partition coefficient (Wildman–Crippen LogP) is 5.10. The summed E-state index contributed by atoms with van der Waals surface area (Å²) in [7, 11) is 0. The molecular weight excluding hydrogens is 384 g/mol. The average molecular weight is 393 g/mol. The monoisotopic (exact) mass is 391 g/mol. The Kier molecular flexibility index (Phi) is 6.13. The fourth-order valence-corrected chi connectivity index (χ4v) is 2.27. The third kappa shape index (κ3) is 4.75. The van der Waals surface area contributed by atoms with E-state index < -0.39 is 18.5 Å². The van der Waals surface area contributed by atoms with Crippen LogP contribution in [0.5, 0.6) is 0 Å². The van der Waals surface area contributed by atoms with E-state index in [9.17, 15) is 9.59 Å². The molecule has 0 saturated carbocycles. The van der Waals surface area contributed by atoms with Crippen molar-refractivity contribution < 1.29 is 14.3 Å². The Morgan fingerprint density at radius 3 is 2.39 bits per heavy atom. The van der Waals surface area contributed by atoms with E-state index in [-0.39, 0.29) is 15.6 Å². The molecule has 0 bridgehead atoms. The van der Waals surface area contributed by atoms with Crippen molar-refractivity contribution in [1.29, 1.82) is 0 Å². The average Bonchev–Trinajstić information content (AvgIpc) is 2.52. The Labute approximate surface area is 152 Å². The molecule has 0 aromatic heterocycles. The summed E-state index contributed by atoms with van der Waals surface area (Å²) in [5.74, 6) is -1.25. The van der Waals surface area contributed by atoms with Gasteiger partial charge in [0.2, 0.25) is 0 Å². The zero-order chi connectivity index (χ0) is 17.0. The maximum Gasteiger partial charge on any atom is 0.338 e. The van der Waals surface area contributed by atoms with Gasteiger partial charge in [0, 0.05) is 0 Å². The molecule has 0 unspecified atom stereocenters. The Morgan fingerprint density at radius 1 is 0.957 bits per heavy atom. The largest absolute Gasteiger partial charge is 0.452 e. The van der Waals surface area contributed by atoms with Crippen molar-refractivity contribution in [2.75, 3.05) is 11.9 Å². The maximum atomic E-state index is 11.8. The molecule has 0 saturated heterocycles. The van der Waals surface area contributed by atoms with Crippen LogP contribution in [0.2, 0.25) is 20.1 Å². The van der Waals surface area contributed by atoms with Gasteiger partial charge < -0.3 is 10.1 Å². The van der Waals surface area contributed by atoms with Crippen molar-refractivity contribution in [2.45, 2.75) is 0 Å². The van der Waals surface area contributed by atoms with Crippen molar-refractivity contribution in [3.63, 3.8) is 0 Å². The van der Waals surface area contributed by atoms with Gasteiger partial charge >= 0.3 is 5.97 Å². The van der Waals surface area contributed by atoms with Crippen molar-refractivity contribution in [1.82, 2.24) is 0 Å². The number of hydrogen-bond donors (Lipinski definition) is 1. The first-order valence-electron chi connectivity index (χ1n) is 6.24. The molecule has 0 fully saturated rings. The van der Waals surface area contributed by atoms with E-state index in [4.69, 9.17) is 51.1 Å². The lowest BCUT2D eigenvalue weighted by atomic mass is 10.2. The first-order valence-corrected chi connectivity index (χ1v) is 7.75. The van der Waals surface area contributed by atoms with Gasteiger partial charge in [0.25, 0.3) is 5.91 Å². The molecule has 8 heteroatoms. The topological polar surface area (TPSA) is 55.4 Å². The lowest BCUT2D eigenvalue weighted by Gasteiger charge is -2.09. The third-order valence-electron chi connectivity index (χ3n) is 2.72. The molecule has 2 aromatic rings. The van der Waals surface area contributed by atoms with Gasteiger partial charge in [-0.25, -0.2) is 4.79 Å². The molecule has 2 rings (SSSR count). The van der Waals surface area contributed by atoms with E-state index in [2.05, 4.69) is 5.32 Å². The molecule has 23 heavy (non-hydrogen) atoms. The minimum Gasteiger partial charge on any atom is -0.452 e. The van der Waals surface area contributed by atoms with Crippen LogP contribution >= 0.6 is 46.4 Å². The molecule has 0 radical (unpaired) electrons. The van der Waals surface area contributed by atoms with E-state index in [1.165, 1.54) is 18.2 Å². The SMILES string of the molecule is O=C(COC(=O)c1ccc(Cl)c(Cl)c1)Nc1cccc(Cl)c1Cl. The Hall–Kier alpha value is -1.46. The zero-order valence-corrected chi connectivity index (χ0v) is 14.4. The highest BCUT2D eigenvalue weighted by Gasteiger charge is 2.13. The molecule has 0 aliphatic rings. The molecule has 0 atom stereocenters. The number of benzene rings is 2. The zero-order valence-electron chi connectivity index (χ0n) is 11.4. The van der Waals surface area contributed by atoms with Gasteiger partial charge in [-0.1, -0.05) is 52.5 Å². The van der Waals surface area contributed by atoms with E-state index in [0.717, 1.165) is 0 Å². The van der Waals surface area contributed by atoms with Crippen LogP contribution in [0.1, 0.15) is 10.4 Å². The van der Waals surface area contributed by atoms with Gasteiger partial charge in [-0.05, 0) is 30.3 Å². The molecule has 0 heterocycles. The summed E-state index contributed by atoms with van der Waals surface area (Å²) in [5.41, 5.74) is 0.516. The number of rotatable bonds is 4. The minimum absolute atomic E-state index is 0.188. The summed E-state index contributed by atoms with van der Waals surface area (Å²) < 4.78 is 4.90. The number of ether oxygens (including phenoxy) is 1. The summed E-state index contributed by atoms with van der Waals surface area (Å²) in [5, 5.41) is 3.54. The van der Waals surface area contributed by atoms with Crippen LogP contribution in [-0.4, -0.2) is 18.5 Å². The predicted molar refractivity (Wildman–Crippen MR) is 91.8 cm³/mol. The fourth-order valence-electron chi connectivity index (χ4n) is 1.62. The van der Waals surface area contributed by atoms with Crippen LogP contribution in [0, 0.1) is 0 Å². The number of esters is 1. The Balaban J connectivity index is 1.94. The number of carbonyl (C=O) groups excluding carboxylic acids is 2. The summed E-state index contributed by atoms with van der Waals surface area (Å²) in [6, 6.07) is 9.06. The molecule has 2 aromatic carbocycles. The Morgan fingerprint density at radius 2 is 1.70 bits per heavy atom. The normalized spacial score (nSPS) is 10.3. The Bertz CT molecular complexity index is 764. The molecule has 0 spiro atoms. The standard InChI is InChI=1S/C15H9Cl4NO3/c16-9-5-4-8(6-11(9)18)15(22)23-7-13(21)20-12-3-1-2-10(17)14(12)19/h1-6H,7H2,(H,20,21). The highest BCUT2D eigenvalue weighted by atomic mass is 35.5. The fraction of sp³-hybridized carbons (Fsp3) is 0.0667. The first-order chi connectivity index (χ1) is 10.9. The van der Waals surface area contributed by atoms with Crippen LogP contribution < -0.4 is 5.32 Å². The summed E-state index contributed by atoms with van der Waals surface area (Å²) in [6.07, 6.45) is 0. The second kappa shape index (κ2) is 7.88. The van der Waals surface area contributed by atoms with E-state index >= 15 is 0 Å². The first kappa shape index (κ1) is 17.9. The second-order valence-electron chi connectivity index (χ2n) is 4.35. The number of amides is 1. The lowest BCUT2D eigenvalue weighted by molar-refractivity contribution is -0.119. The van der Waals surface area contributed by atoms with Crippen LogP contribution in [0.15, 0.2) is 36.4 Å². The number of hydrogen-bond acceptors (Lipinski definition) is 3. The lowest BCUT2D eigenvalue weighted by Crippen LogP contribution is -2.21. The van der Waals surface area contributed by atoms with Gasteiger partial charge in [0.15, 0.2) is 6.61 Å². The molecule has 1 N–H and O–H groups in total. The van der Waals surface area contributed by atoms with E-state index in [0.29, 0.717) is 15.7 Å². The summed E-state index contributed by atoms with van der Waals surface area (Å²) in [6.45, 7) is -0.484. The van der Waals surface area contributed by atoms with E-state index in [1.807, 2.05) is 0 Å². The van der Waals surface area contributed by atoms with Crippen LogP contribution in [0.4, 0.5) is 5.69 Å². The maximum absolute atomic E-state index is 11.8. The molecule has 1 amide bonds. The van der Waals surface area contributed by atoms with Crippen LogP contribution in [-0.2, 0) is 9.53 Å². The quantitative estimate of drug-likeness (QED) is 0.736. The summed E-state index contributed by atoms with van der Waals surface area (Å²) >= 11 is 23.4. The van der Waals surface area contributed by atoms with Gasteiger partial charge in [-0.3, -0.25) is 4.79 Å². The van der Waals surface area contributed by atoms with Gasteiger partial charge in [-0.15, -0.1) is 0 Å². The van der Waals surface area contributed by atoms with Crippen LogP contribution in [0.3, 0.4) is 0 Å². The molecule has 4 nitrogen and oxygen atoms in total. The molecule has 0 aliphatic carbocycles. The molecule has 0 aliphatic heterocycles. The highest BCUT2D eigenvalue weighted by Crippen LogP contribution is 2.29. The molecule has 120 valence electrons. The molecular formula is C15H9Cl4NO3. The number of halogens is 4. The van der Waals surface area contributed by atoms with Gasteiger partial charge in [-0.2, -0.15) is 0 Å².